The third-order valence-electron chi connectivity index (χ3n) is 2.62. The molecule has 8 heteroatoms. The van der Waals surface area contributed by atoms with E-state index in [1.165, 1.54) is 24.3 Å². The van der Waals surface area contributed by atoms with Gasteiger partial charge in [0, 0.05) is 5.69 Å². The zero-order valence-electron chi connectivity index (χ0n) is 11.0. The molecule has 0 saturated heterocycles. The lowest BCUT2D eigenvalue weighted by Gasteiger charge is -2.11. The standard InChI is InChI=1S/C12H17N3O4S/c1-2-20(18,19)9-5-3-8(4-6-9)15-12(17)10(13)7-11(14)16/h3-6,10H,2,7,13H2,1H3,(H2,14,16)(H,15,17). The van der Waals surface area contributed by atoms with E-state index >= 15 is 0 Å². The van der Waals surface area contributed by atoms with Crippen LogP contribution in [0.4, 0.5) is 5.69 Å². The number of carbonyl (C=O) groups is 2. The molecule has 0 aliphatic rings. The van der Waals surface area contributed by atoms with Crippen molar-refractivity contribution in [1.82, 2.24) is 0 Å². The summed E-state index contributed by atoms with van der Waals surface area (Å²) in [6, 6.07) is 4.67. The first-order valence-corrected chi connectivity index (χ1v) is 7.59. The Morgan fingerprint density at radius 2 is 1.80 bits per heavy atom. The Hall–Kier alpha value is -1.93. The number of anilines is 1. The molecule has 1 rings (SSSR count). The summed E-state index contributed by atoms with van der Waals surface area (Å²) in [5.41, 5.74) is 10.8. The van der Waals surface area contributed by atoms with E-state index in [1.807, 2.05) is 0 Å². The van der Waals surface area contributed by atoms with Gasteiger partial charge < -0.3 is 16.8 Å². The van der Waals surface area contributed by atoms with Crippen LogP contribution in [0.1, 0.15) is 13.3 Å². The number of amides is 2. The summed E-state index contributed by atoms with van der Waals surface area (Å²) in [6.07, 6.45) is -0.256. The Morgan fingerprint density at radius 1 is 1.25 bits per heavy atom. The molecule has 0 aromatic heterocycles. The molecule has 0 bridgehead atoms. The molecule has 1 atom stereocenters. The summed E-state index contributed by atoms with van der Waals surface area (Å²) in [5.74, 6) is -1.23. The second kappa shape index (κ2) is 6.49. The minimum absolute atomic E-state index is 0.00217. The number of nitrogens with two attached hydrogens (primary N) is 2. The highest BCUT2D eigenvalue weighted by atomic mass is 32.2. The Bertz CT molecular complexity index is 596. The molecule has 1 aromatic rings. The van der Waals surface area contributed by atoms with Crippen LogP contribution in [-0.2, 0) is 19.4 Å². The summed E-state index contributed by atoms with van der Waals surface area (Å²) < 4.78 is 23.2. The lowest BCUT2D eigenvalue weighted by Crippen LogP contribution is -2.38. The number of nitrogens with one attached hydrogen (secondary N) is 1. The summed E-state index contributed by atoms with van der Waals surface area (Å²) in [6.45, 7) is 1.55. The maximum atomic E-state index is 11.6. The van der Waals surface area contributed by atoms with Crippen molar-refractivity contribution in [2.24, 2.45) is 11.5 Å². The summed E-state index contributed by atoms with van der Waals surface area (Å²) in [4.78, 5) is 22.5. The van der Waals surface area contributed by atoms with E-state index in [2.05, 4.69) is 5.32 Å². The van der Waals surface area contributed by atoms with Crippen LogP contribution in [0.25, 0.3) is 0 Å². The van der Waals surface area contributed by atoms with E-state index in [9.17, 15) is 18.0 Å². The molecule has 0 saturated carbocycles. The predicted molar refractivity (Wildman–Crippen MR) is 74.6 cm³/mol. The zero-order chi connectivity index (χ0) is 15.3. The summed E-state index contributed by atoms with van der Waals surface area (Å²) >= 11 is 0. The van der Waals surface area contributed by atoms with Crippen molar-refractivity contribution < 1.29 is 18.0 Å². The van der Waals surface area contributed by atoms with E-state index < -0.39 is 27.7 Å². The number of hydrogen-bond acceptors (Lipinski definition) is 5. The maximum Gasteiger partial charge on any atom is 0.241 e. The van der Waals surface area contributed by atoms with Gasteiger partial charge in [0.05, 0.1) is 23.1 Å². The smallest absolute Gasteiger partial charge is 0.241 e. The highest BCUT2D eigenvalue weighted by molar-refractivity contribution is 7.91. The molecular formula is C12H17N3O4S. The van der Waals surface area contributed by atoms with Crippen molar-refractivity contribution >= 4 is 27.3 Å². The monoisotopic (exact) mass is 299 g/mol. The van der Waals surface area contributed by atoms with Crippen LogP contribution >= 0.6 is 0 Å². The lowest BCUT2D eigenvalue weighted by atomic mass is 10.2. The molecule has 7 nitrogen and oxygen atoms in total. The highest BCUT2D eigenvalue weighted by Crippen LogP contribution is 2.15. The molecular weight excluding hydrogens is 282 g/mol. The van der Waals surface area contributed by atoms with E-state index in [4.69, 9.17) is 11.5 Å². The van der Waals surface area contributed by atoms with Crippen molar-refractivity contribution in [3.05, 3.63) is 24.3 Å². The van der Waals surface area contributed by atoms with Gasteiger partial charge in [-0.3, -0.25) is 9.59 Å². The van der Waals surface area contributed by atoms with Gasteiger partial charge in [-0.25, -0.2) is 8.42 Å². The first-order valence-electron chi connectivity index (χ1n) is 5.94. The summed E-state index contributed by atoms with van der Waals surface area (Å²) in [5, 5.41) is 2.48. The molecule has 110 valence electrons. The van der Waals surface area contributed by atoms with Crippen LogP contribution < -0.4 is 16.8 Å². The first-order chi connectivity index (χ1) is 9.26. The Labute approximate surface area is 117 Å². The molecule has 1 unspecified atom stereocenters. The molecule has 5 N–H and O–H groups in total. The molecule has 20 heavy (non-hydrogen) atoms. The van der Waals surface area contributed by atoms with Gasteiger partial charge in [-0.15, -0.1) is 0 Å². The third kappa shape index (κ3) is 4.32. The number of hydrogen-bond donors (Lipinski definition) is 3. The first kappa shape index (κ1) is 16.1. The fourth-order valence-electron chi connectivity index (χ4n) is 1.46. The van der Waals surface area contributed by atoms with Crippen molar-refractivity contribution in [2.45, 2.75) is 24.3 Å². The second-order valence-corrected chi connectivity index (χ2v) is 6.47. The minimum atomic E-state index is -3.27. The largest absolute Gasteiger partial charge is 0.370 e. The van der Waals surface area contributed by atoms with Gasteiger partial charge in [-0.1, -0.05) is 6.92 Å². The van der Waals surface area contributed by atoms with Crippen molar-refractivity contribution in [3.8, 4) is 0 Å². The maximum absolute atomic E-state index is 11.6. The van der Waals surface area contributed by atoms with Gasteiger partial charge in [0.25, 0.3) is 0 Å². The van der Waals surface area contributed by atoms with E-state index in [0.29, 0.717) is 5.69 Å². The molecule has 2 amide bonds. The molecule has 0 aliphatic heterocycles. The van der Waals surface area contributed by atoms with Gasteiger partial charge >= 0.3 is 0 Å². The molecule has 0 fully saturated rings. The minimum Gasteiger partial charge on any atom is -0.370 e. The van der Waals surface area contributed by atoms with Gasteiger partial charge in [0.15, 0.2) is 9.84 Å². The Kier molecular flexibility index (Phi) is 5.23. The molecule has 0 radical (unpaired) electrons. The van der Waals surface area contributed by atoms with Crippen LogP contribution in [0.3, 0.4) is 0 Å². The molecule has 0 spiro atoms. The fraction of sp³-hybridized carbons (Fsp3) is 0.333. The van der Waals surface area contributed by atoms with Crippen LogP contribution in [-0.4, -0.2) is 32.0 Å². The van der Waals surface area contributed by atoms with E-state index in [-0.39, 0.29) is 17.1 Å². The lowest BCUT2D eigenvalue weighted by molar-refractivity contribution is -0.123. The van der Waals surface area contributed by atoms with Gasteiger partial charge in [0.2, 0.25) is 11.8 Å². The average molecular weight is 299 g/mol. The second-order valence-electron chi connectivity index (χ2n) is 4.19. The zero-order valence-corrected chi connectivity index (χ0v) is 11.8. The number of rotatable bonds is 6. The SMILES string of the molecule is CCS(=O)(=O)c1ccc(NC(=O)C(N)CC(N)=O)cc1. The Balaban J connectivity index is 2.76. The number of primary amides is 1. The van der Waals surface area contributed by atoms with Crippen molar-refractivity contribution in [1.29, 1.82) is 0 Å². The predicted octanol–water partition coefficient (Wildman–Crippen LogP) is -0.379. The normalized spacial score (nSPS) is 12.7. The van der Waals surface area contributed by atoms with Crippen LogP contribution in [0, 0.1) is 0 Å². The molecule has 0 aliphatic carbocycles. The number of carbonyl (C=O) groups excluding carboxylic acids is 2. The summed E-state index contributed by atoms with van der Waals surface area (Å²) in [7, 11) is -3.27. The fourth-order valence-corrected chi connectivity index (χ4v) is 2.34. The molecule has 0 heterocycles. The third-order valence-corrected chi connectivity index (χ3v) is 4.37. The van der Waals surface area contributed by atoms with Gasteiger partial charge in [0.1, 0.15) is 0 Å². The molecule has 1 aromatic carbocycles. The van der Waals surface area contributed by atoms with E-state index in [0.717, 1.165) is 0 Å². The van der Waals surface area contributed by atoms with Crippen LogP contribution in [0.5, 0.6) is 0 Å². The Morgan fingerprint density at radius 3 is 2.25 bits per heavy atom. The van der Waals surface area contributed by atoms with Crippen LogP contribution in [0.2, 0.25) is 0 Å². The van der Waals surface area contributed by atoms with E-state index in [1.54, 1.807) is 6.92 Å². The topological polar surface area (TPSA) is 132 Å². The van der Waals surface area contributed by atoms with Gasteiger partial charge in [-0.05, 0) is 24.3 Å². The van der Waals surface area contributed by atoms with Crippen LogP contribution in [0.15, 0.2) is 29.2 Å². The van der Waals surface area contributed by atoms with Crippen molar-refractivity contribution in [3.63, 3.8) is 0 Å². The number of benzene rings is 1. The average Bonchev–Trinajstić information content (AvgIpc) is 2.38. The van der Waals surface area contributed by atoms with Gasteiger partial charge in [-0.2, -0.15) is 0 Å². The quantitative estimate of drug-likeness (QED) is 0.658. The number of sulfone groups is 1. The highest BCUT2D eigenvalue weighted by Gasteiger charge is 2.16. The van der Waals surface area contributed by atoms with Crippen molar-refractivity contribution in [2.75, 3.05) is 11.1 Å².